The molecule has 2 rings (SSSR count). The van der Waals surface area contributed by atoms with Gasteiger partial charge in [0.05, 0.1) is 11.1 Å². The van der Waals surface area contributed by atoms with Crippen molar-refractivity contribution in [3.8, 4) is 5.75 Å². The summed E-state index contributed by atoms with van der Waals surface area (Å²) >= 11 is 5.65. The van der Waals surface area contributed by atoms with Crippen molar-refractivity contribution >= 4 is 11.6 Å². The summed E-state index contributed by atoms with van der Waals surface area (Å²) in [5.41, 5.74) is 6.42. The van der Waals surface area contributed by atoms with Crippen LogP contribution in [0.25, 0.3) is 0 Å². The van der Waals surface area contributed by atoms with Gasteiger partial charge in [-0.05, 0) is 23.8 Å². The maximum absolute atomic E-state index is 13.1. The van der Waals surface area contributed by atoms with Crippen molar-refractivity contribution in [3.63, 3.8) is 0 Å². The molecule has 21 heavy (non-hydrogen) atoms. The van der Waals surface area contributed by atoms with Gasteiger partial charge in [0.15, 0.2) is 0 Å². The van der Waals surface area contributed by atoms with Crippen LogP contribution in [-0.4, -0.2) is 6.36 Å². The molecule has 1 atom stereocenters. The maximum atomic E-state index is 13.1. The minimum absolute atomic E-state index is 0.123. The number of hydrogen-bond donors (Lipinski definition) is 1. The third-order valence-electron chi connectivity index (χ3n) is 2.78. The molecule has 2 N–H and O–H groups in total. The highest BCUT2D eigenvalue weighted by Gasteiger charge is 2.32. The smallest absolute Gasteiger partial charge is 0.405 e. The monoisotopic (exact) mass is 319 g/mol. The van der Waals surface area contributed by atoms with E-state index in [0.29, 0.717) is 5.56 Å². The minimum atomic E-state index is -4.82. The van der Waals surface area contributed by atoms with E-state index < -0.39 is 24.0 Å². The standard InChI is InChI=1S/C14H10ClF4NO/c15-10-7-8(5-6-11(10)16)13(20)9-3-1-2-4-12(9)21-14(17,18)19/h1-7,13H,20H2. The van der Waals surface area contributed by atoms with Gasteiger partial charge in [0.2, 0.25) is 0 Å². The van der Waals surface area contributed by atoms with Crippen LogP contribution < -0.4 is 10.5 Å². The van der Waals surface area contributed by atoms with Gasteiger partial charge in [-0.3, -0.25) is 0 Å². The number of benzene rings is 2. The Kier molecular flexibility index (Phi) is 4.39. The highest BCUT2D eigenvalue weighted by molar-refractivity contribution is 6.30. The second kappa shape index (κ2) is 5.91. The summed E-state index contributed by atoms with van der Waals surface area (Å²) in [4.78, 5) is 0. The predicted octanol–water partition coefficient (Wildman–Crippen LogP) is 4.43. The van der Waals surface area contributed by atoms with Crippen molar-refractivity contribution in [2.45, 2.75) is 12.4 Å². The van der Waals surface area contributed by atoms with Gasteiger partial charge in [-0.25, -0.2) is 4.39 Å². The summed E-state index contributed by atoms with van der Waals surface area (Å²) in [5, 5.41) is -0.155. The number of nitrogens with two attached hydrogens (primary N) is 1. The molecule has 2 nitrogen and oxygen atoms in total. The van der Waals surface area contributed by atoms with Crippen molar-refractivity contribution in [1.82, 2.24) is 0 Å². The van der Waals surface area contributed by atoms with E-state index in [4.69, 9.17) is 17.3 Å². The molecule has 0 spiro atoms. The molecule has 0 saturated carbocycles. The second-order valence-corrected chi connectivity index (χ2v) is 4.64. The molecule has 0 aliphatic rings. The third-order valence-corrected chi connectivity index (χ3v) is 3.07. The van der Waals surface area contributed by atoms with E-state index in [-0.39, 0.29) is 10.6 Å². The fraction of sp³-hybridized carbons (Fsp3) is 0.143. The molecular weight excluding hydrogens is 310 g/mol. The number of para-hydroxylation sites is 1. The van der Waals surface area contributed by atoms with E-state index in [1.54, 1.807) is 0 Å². The summed E-state index contributed by atoms with van der Waals surface area (Å²) in [6.45, 7) is 0. The first kappa shape index (κ1) is 15.6. The van der Waals surface area contributed by atoms with Crippen LogP contribution in [0.15, 0.2) is 42.5 Å². The van der Waals surface area contributed by atoms with Gasteiger partial charge in [-0.1, -0.05) is 35.9 Å². The molecular formula is C14H10ClF4NO. The lowest BCUT2D eigenvalue weighted by molar-refractivity contribution is -0.274. The van der Waals surface area contributed by atoms with Gasteiger partial charge >= 0.3 is 6.36 Å². The maximum Gasteiger partial charge on any atom is 0.573 e. The van der Waals surface area contributed by atoms with Crippen molar-refractivity contribution in [1.29, 1.82) is 0 Å². The molecule has 0 aromatic heterocycles. The van der Waals surface area contributed by atoms with Crippen LogP contribution in [0.5, 0.6) is 5.75 Å². The Labute approximate surface area is 123 Å². The van der Waals surface area contributed by atoms with E-state index in [1.165, 1.54) is 30.3 Å². The molecule has 7 heteroatoms. The summed E-state index contributed by atoms with van der Waals surface area (Å²) in [6.07, 6.45) is -4.82. The van der Waals surface area contributed by atoms with Crippen LogP contribution >= 0.6 is 11.6 Å². The molecule has 0 aliphatic carbocycles. The van der Waals surface area contributed by atoms with E-state index in [1.807, 2.05) is 0 Å². The molecule has 0 fully saturated rings. The average molecular weight is 320 g/mol. The normalized spacial score (nSPS) is 13.0. The Morgan fingerprint density at radius 3 is 2.38 bits per heavy atom. The Morgan fingerprint density at radius 1 is 1.10 bits per heavy atom. The van der Waals surface area contributed by atoms with Gasteiger partial charge < -0.3 is 10.5 Å². The molecule has 0 amide bonds. The number of ether oxygens (including phenoxy) is 1. The van der Waals surface area contributed by atoms with Crippen molar-refractivity contribution in [2.24, 2.45) is 5.73 Å². The number of alkyl halides is 3. The lowest BCUT2D eigenvalue weighted by Gasteiger charge is -2.18. The second-order valence-electron chi connectivity index (χ2n) is 4.24. The molecule has 0 aliphatic heterocycles. The molecule has 0 saturated heterocycles. The molecule has 0 radical (unpaired) electrons. The van der Waals surface area contributed by atoms with E-state index >= 15 is 0 Å². The first-order chi connectivity index (χ1) is 9.78. The van der Waals surface area contributed by atoms with Gasteiger partial charge in [0.1, 0.15) is 11.6 Å². The fourth-order valence-corrected chi connectivity index (χ4v) is 2.03. The number of halogens is 5. The lowest BCUT2D eigenvalue weighted by Crippen LogP contribution is -2.20. The van der Waals surface area contributed by atoms with Crippen LogP contribution in [-0.2, 0) is 0 Å². The molecule has 2 aromatic rings. The minimum Gasteiger partial charge on any atom is -0.405 e. The van der Waals surface area contributed by atoms with Crippen molar-refractivity contribution in [3.05, 3.63) is 64.4 Å². The molecule has 112 valence electrons. The summed E-state index contributed by atoms with van der Waals surface area (Å²) in [5.74, 6) is -1.04. The summed E-state index contributed by atoms with van der Waals surface area (Å²) < 4.78 is 54.2. The SMILES string of the molecule is NC(c1ccc(F)c(Cl)c1)c1ccccc1OC(F)(F)F. The van der Waals surface area contributed by atoms with Crippen LogP contribution in [0.4, 0.5) is 17.6 Å². The number of rotatable bonds is 3. The Hall–Kier alpha value is -1.79. The van der Waals surface area contributed by atoms with Crippen LogP contribution in [0, 0.1) is 5.82 Å². The van der Waals surface area contributed by atoms with Crippen LogP contribution in [0.1, 0.15) is 17.2 Å². The predicted molar refractivity (Wildman–Crippen MR) is 70.6 cm³/mol. The quantitative estimate of drug-likeness (QED) is 0.850. The van der Waals surface area contributed by atoms with Gasteiger partial charge in [0, 0.05) is 5.56 Å². The first-order valence-corrected chi connectivity index (χ1v) is 6.21. The molecule has 2 aromatic carbocycles. The lowest BCUT2D eigenvalue weighted by atomic mass is 9.99. The van der Waals surface area contributed by atoms with E-state index in [2.05, 4.69) is 4.74 Å². The molecule has 0 bridgehead atoms. The third kappa shape index (κ3) is 3.86. The first-order valence-electron chi connectivity index (χ1n) is 5.83. The zero-order valence-electron chi connectivity index (χ0n) is 10.5. The largest absolute Gasteiger partial charge is 0.573 e. The van der Waals surface area contributed by atoms with Crippen LogP contribution in [0.2, 0.25) is 5.02 Å². The van der Waals surface area contributed by atoms with E-state index in [9.17, 15) is 17.6 Å². The topological polar surface area (TPSA) is 35.2 Å². The highest BCUT2D eigenvalue weighted by atomic mass is 35.5. The molecule has 1 unspecified atom stereocenters. The van der Waals surface area contributed by atoms with Crippen molar-refractivity contribution < 1.29 is 22.3 Å². The van der Waals surface area contributed by atoms with Crippen LogP contribution in [0.3, 0.4) is 0 Å². The number of hydrogen-bond acceptors (Lipinski definition) is 2. The fourth-order valence-electron chi connectivity index (χ4n) is 1.84. The Bertz CT molecular complexity index is 645. The molecule has 0 heterocycles. The highest BCUT2D eigenvalue weighted by Crippen LogP contribution is 2.33. The van der Waals surface area contributed by atoms with Gasteiger partial charge in [-0.15, -0.1) is 13.2 Å². The van der Waals surface area contributed by atoms with Gasteiger partial charge in [0.25, 0.3) is 0 Å². The summed E-state index contributed by atoms with van der Waals surface area (Å²) in [7, 11) is 0. The summed E-state index contributed by atoms with van der Waals surface area (Å²) in [6, 6.07) is 8.30. The van der Waals surface area contributed by atoms with Crippen molar-refractivity contribution in [2.75, 3.05) is 0 Å². The van der Waals surface area contributed by atoms with E-state index in [0.717, 1.165) is 12.1 Å². The average Bonchev–Trinajstić information content (AvgIpc) is 2.40. The Morgan fingerprint density at radius 2 is 1.76 bits per heavy atom. The zero-order chi connectivity index (χ0) is 15.6. The van der Waals surface area contributed by atoms with Gasteiger partial charge in [-0.2, -0.15) is 0 Å². The zero-order valence-corrected chi connectivity index (χ0v) is 11.3. The Balaban J connectivity index is 2.38.